The quantitative estimate of drug-likeness (QED) is 0.430. The van der Waals surface area contributed by atoms with Gasteiger partial charge in [-0.1, -0.05) is 30.3 Å². The van der Waals surface area contributed by atoms with E-state index in [1.54, 1.807) is 24.3 Å². The van der Waals surface area contributed by atoms with Crippen molar-refractivity contribution in [3.63, 3.8) is 0 Å². The number of hydrogen-bond donors (Lipinski definition) is 4. The molecule has 0 spiro atoms. The number of carbonyl (C=O) groups excluding carboxylic acids is 2. The van der Waals surface area contributed by atoms with Crippen molar-refractivity contribution < 1.29 is 9.59 Å². The van der Waals surface area contributed by atoms with E-state index in [9.17, 15) is 9.59 Å². The number of hydrogen-bond acceptors (Lipinski definition) is 4. The van der Waals surface area contributed by atoms with Crippen LogP contribution in [-0.4, -0.2) is 24.0 Å². The first kappa shape index (κ1) is 13.2. The number of hydrazone groups is 2. The van der Waals surface area contributed by atoms with Crippen LogP contribution in [0.5, 0.6) is 0 Å². The highest BCUT2D eigenvalue weighted by Crippen LogP contribution is 1.99. The summed E-state index contributed by atoms with van der Waals surface area (Å²) in [6, 6.07) is 7.27. The predicted molar refractivity (Wildman–Crippen MR) is 66.9 cm³/mol. The van der Waals surface area contributed by atoms with Crippen molar-refractivity contribution >= 4 is 24.0 Å². The molecule has 0 saturated heterocycles. The smallest absolute Gasteiger partial charge is 0.332 e. The van der Waals surface area contributed by atoms with Gasteiger partial charge in [0.05, 0.1) is 6.21 Å². The second-order valence-electron chi connectivity index (χ2n) is 3.07. The fraction of sp³-hybridized carbons (Fsp3) is 0. The first-order valence-electron chi connectivity index (χ1n) is 4.86. The maximum absolute atomic E-state index is 10.6. The molecule has 1 rings (SSSR count). The molecule has 4 amide bonds. The number of urea groups is 2. The lowest BCUT2D eigenvalue weighted by molar-refractivity contribution is 0.248. The largest absolute Gasteiger partial charge is 0.350 e. The topological polar surface area (TPSA) is 135 Å². The van der Waals surface area contributed by atoms with E-state index in [1.165, 1.54) is 6.21 Å². The molecule has 0 fully saturated rings. The SMILES string of the molecule is NC(=O)NN=CC(=NNC(N)=O)c1ccccc1. The van der Waals surface area contributed by atoms with Gasteiger partial charge in [-0.25, -0.2) is 20.4 Å². The number of nitrogens with zero attached hydrogens (tertiary/aromatic N) is 2. The molecule has 0 bridgehead atoms. The minimum Gasteiger partial charge on any atom is -0.350 e. The molecule has 94 valence electrons. The monoisotopic (exact) mass is 248 g/mol. The van der Waals surface area contributed by atoms with Gasteiger partial charge in [0.25, 0.3) is 0 Å². The molecule has 0 aromatic heterocycles. The Labute approximate surface area is 103 Å². The van der Waals surface area contributed by atoms with Gasteiger partial charge in [0.15, 0.2) is 0 Å². The Bertz CT molecular complexity index is 482. The molecular formula is C10H12N6O2. The zero-order chi connectivity index (χ0) is 13.4. The van der Waals surface area contributed by atoms with E-state index in [0.29, 0.717) is 11.3 Å². The third kappa shape index (κ3) is 4.75. The van der Waals surface area contributed by atoms with Crippen molar-refractivity contribution in [2.45, 2.75) is 0 Å². The number of carbonyl (C=O) groups is 2. The van der Waals surface area contributed by atoms with Crippen LogP contribution >= 0.6 is 0 Å². The fourth-order valence-corrected chi connectivity index (χ4v) is 1.05. The van der Waals surface area contributed by atoms with Crippen LogP contribution in [0.4, 0.5) is 9.59 Å². The number of primary amides is 2. The number of nitrogens with one attached hydrogen (secondary N) is 2. The molecule has 0 heterocycles. The van der Waals surface area contributed by atoms with Crippen LogP contribution in [0, 0.1) is 0 Å². The highest BCUT2D eigenvalue weighted by Gasteiger charge is 2.01. The Morgan fingerprint density at radius 1 is 1.06 bits per heavy atom. The molecule has 0 aliphatic carbocycles. The van der Waals surface area contributed by atoms with Crippen molar-refractivity contribution in [2.75, 3.05) is 0 Å². The second-order valence-corrected chi connectivity index (χ2v) is 3.07. The number of rotatable bonds is 4. The van der Waals surface area contributed by atoms with Crippen LogP contribution < -0.4 is 22.3 Å². The van der Waals surface area contributed by atoms with Gasteiger partial charge in [-0.05, 0) is 0 Å². The Kier molecular flexibility index (Phi) is 4.85. The zero-order valence-electron chi connectivity index (χ0n) is 9.33. The highest BCUT2D eigenvalue weighted by molar-refractivity contribution is 6.38. The van der Waals surface area contributed by atoms with E-state index in [2.05, 4.69) is 15.6 Å². The van der Waals surface area contributed by atoms with Crippen LogP contribution in [0.25, 0.3) is 0 Å². The molecule has 8 heteroatoms. The van der Waals surface area contributed by atoms with Gasteiger partial charge < -0.3 is 11.5 Å². The predicted octanol–water partition coefficient (Wildman–Crippen LogP) is -0.287. The average Bonchev–Trinajstić information content (AvgIpc) is 2.34. The number of nitrogens with two attached hydrogens (primary N) is 2. The van der Waals surface area contributed by atoms with Gasteiger partial charge in [0.1, 0.15) is 5.71 Å². The molecular weight excluding hydrogens is 236 g/mol. The molecule has 0 unspecified atom stereocenters. The second kappa shape index (κ2) is 6.63. The van der Waals surface area contributed by atoms with Crippen molar-refractivity contribution in [3.05, 3.63) is 35.9 Å². The Morgan fingerprint density at radius 3 is 2.22 bits per heavy atom. The lowest BCUT2D eigenvalue weighted by Crippen LogP contribution is -2.27. The summed E-state index contributed by atoms with van der Waals surface area (Å²) in [7, 11) is 0. The molecule has 0 aliphatic heterocycles. The minimum atomic E-state index is -0.806. The molecule has 0 saturated carbocycles. The van der Waals surface area contributed by atoms with Gasteiger partial charge >= 0.3 is 12.1 Å². The molecule has 0 aliphatic rings. The Morgan fingerprint density at radius 2 is 1.67 bits per heavy atom. The summed E-state index contributed by atoms with van der Waals surface area (Å²) in [5.74, 6) is 0. The molecule has 18 heavy (non-hydrogen) atoms. The Balaban J connectivity index is 2.89. The van der Waals surface area contributed by atoms with Crippen LogP contribution in [0.3, 0.4) is 0 Å². The van der Waals surface area contributed by atoms with Crippen LogP contribution in [0.15, 0.2) is 40.5 Å². The highest BCUT2D eigenvalue weighted by atomic mass is 16.2. The van der Waals surface area contributed by atoms with E-state index >= 15 is 0 Å². The number of amides is 4. The summed E-state index contributed by atoms with van der Waals surface area (Å²) in [6.45, 7) is 0. The molecule has 1 aromatic rings. The van der Waals surface area contributed by atoms with Crippen LogP contribution in [0.1, 0.15) is 5.56 Å². The van der Waals surface area contributed by atoms with E-state index < -0.39 is 12.1 Å². The summed E-state index contributed by atoms with van der Waals surface area (Å²) in [4.78, 5) is 21.0. The van der Waals surface area contributed by atoms with Crippen molar-refractivity contribution in [3.8, 4) is 0 Å². The average molecular weight is 248 g/mol. The normalized spacial score (nSPS) is 11.2. The van der Waals surface area contributed by atoms with Crippen molar-refractivity contribution in [1.82, 2.24) is 10.9 Å². The van der Waals surface area contributed by atoms with Crippen molar-refractivity contribution in [2.24, 2.45) is 21.7 Å². The van der Waals surface area contributed by atoms with Gasteiger partial charge in [-0.15, -0.1) is 0 Å². The Hall–Kier alpha value is -2.90. The van der Waals surface area contributed by atoms with Gasteiger partial charge in [0.2, 0.25) is 0 Å². The zero-order valence-corrected chi connectivity index (χ0v) is 9.33. The van der Waals surface area contributed by atoms with Gasteiger partial charge in [-0.2, -0.15) is 10.2 Å². The van der Waals surface area contributed by atoms with Crippen molar-refractivity contribution in [1.29, 1.82) is 0 Å². The molecule has 1 aromatic carbocycles. The van der Waals surface area contributed by atoms with E-state index in [-0.39, 0.29) is 0 Å². The van der Waals surface area contributed by atoms with Crippen LogP contribution in [0.2, 0.25) is 0 Å². The summed E-state index contributed by atoms with van der Waals surface area (Å²) in [5.41, 5.74) is 14.8. The summed E-state index contributed by atoms with van der Waals surface area (Å²) < 4.78 is 0. The summed E-state index contributed by atoms with van der Waals surface area (Å²) >= 11 is 0. The minimum absolute atomic E-state index is 0.308. The lowest BCUT2D eigenvalue weighted by Gasteiger charge is -2.01. The standard InChI is InChI=1S/C10H12N6O2/c11-9(17)15-13-6-8(14-16-10(12)18)7-4-2-1-3-5-7/h1-6H,(H3,11,15,17)(H3,12,16,18). The fourth-order valence-electron chi connectivity index (χ4n) is 1.05. The van der Waals surface area contributed by atoms with E-state index in [4.69, 9.17) is 11.5 Å². The van der Waals surface area contributed by atoms with Gasteiger partial charge in [-0.3, -0.25) is 0 Å². The molecule has 0 atom stereocenters. The maximum Gasteiger partial charge on any atom is 0.332 e. The first-order chi connectivity index (χ1) is 8.59. The van der Waals surface area contributed by atoms with E-state index in [0.717, 1.165) is 0 Å². The van der Waals surface area contributed by atoms with Crippen LogP contribution in [-0.2, 0) is 0 Å². The molecule has 6 N–H and O–H groups in total. The number of benzene rings is 1. The summed E-state index contributed by atoms with van der Waals surface area (Å²) in [5, 5.41) is 7.29. The maximum atomic E-state index is 10.6. The van der Waals surface area contributed by atoms with E-state index in [1.807, 2.05) is 11.5 Å². The summed E-state index contributed by atoms with van der Waals surface area (Å²) in [6.07, 6.45) is 1.23. The third-order valence-corrected chi connectivity index (χ3v) is 1.72. The first-order valence-corrected chi connectivity index (χ1v) is 4.86. The third-order valence-electron chi connectivity index (χ3n) is 1.72. The molecule has 0 radical (unpaired) electrons. The van der Waals surface area contributed by atoms with Gasteiger partial charge in [0, 0.05) is 5.56 Å². The molecule has 8 nitrogen and oxygen atoms in total. The lowest BCUT2D eigenvalue weighted by atomic mass is 10.1.